The van der Waals surface area contributed by atoms with E-state index in [4.69, 9.17) is 4.74 Å². The van der Waals surface area contributed by atoms with Crippen molar-refractivity contribution in [3.05, 3.63) is 59.7 Å². The number of hydrogen-bond donors (Lipinski definition) is 1. The van der Waals surface area contributed by atoms with Crippen LogP contribution in [0.4, 0.5) is 5.69 Å². The smallest absolute Gasteiger partial charge is 0.118 e. The maximum absolute atomic E-state index is 5.14. The third kappa shape index (κ3) is 3.27. The van der Waals surface area contributed by atoms with Crippen molar-refractivity contribution >= 4 is 5.69 Å². The third-order valence-electron chi connectivity index (χ3n) is 3.03. The number of methoxy groups -OCH3 is 1. The second-order valence-electron chi connectivity index (χ2n) is 4.34. The second kappa shape index (κ2) is 6.10. The van der Waals surface area contributed by atoms with E-state index < -0.39 is 0 Å². The molecule has 18 heavy (non-hydrogen) atoms. The molecule has 2 nitrogen and oxygen atoms in total. The molecular weight excluding hydrogens is 222 g/mol. The minimum atomic E-state index is 0.908. The van der Waals surface area contributed by atoms with Gasteiger partial charge in [0.05, 0.1) is 7.11 Å². The molecule has 0 saturated heterocycles. The maximum atomic E-state index is 5.14. The van der Waals surface area contributed by atoms with E-state index in [9.17, 15) is 0 Å². The van der Waals surface area contributed by atoms with Crippen LogP contribution in [0, 0.1) is 6.92 Å². The molecule has 0 amide bonds. The first-order valence-corrected chi connectivity index (χ1v) is 6.22. The van der Waals surface area contributed by atoms with E-state index in [0.29, 0.717) is 0 Å². The number of ether oxygens (including phenoxy) is 1. The molecule has 0 spiro atoms. The van der Waals surface area contributed by atoms with E-state index in [-0.39, 0.29) is 0 Å². The van der Waals surface area contributed by atoms with Gasteiger partial charge in [-0.3, -0.25) is 0 Å². The lowest BCUT2D eigenvalue weighted by molar-refractivity contribution is 0.414. The van der Waals surface area contributed by atoms with Crippen LogP contribution in [-0.2, 0) is 6.42 Å². The Morgan fingerprint density at radius 2 is 1.72 bits per heavy atom. The van der Waals surface area contributed by atoms with E-state index in [2.05, 4.69) is 48.6 Å². The molecule has 0 saturated carbocycles. The van der Waals surface area contributed by atoms with E-state index in [1.165, 1.54) is 16.8 Å². The highest BCUT2D eigenvalue weighted by Crippen LogP contribution is 2.14. The zero-order valence-corrected chi connectivity index (χ0v) is 10.9. The lowest BCUT2D eigenvalue weighted by Gasteiger charge is -2.09. The fourth-order valence-corrected chi connectivity index (χ4v) is 1.90. The average molecular weight is 241 g/mol. The van der Waals surface area contributed by atoms with Gasteiger partial charge in [-0.25, -0.2) is 0 Å². The molecule has 0 aliphatic carbocycles. The van der Waals surface area contributed by atoms with Gasteiger partial charge < -0.3 is 10.1 Å². The molecule has 0 fully saturated rings. The van der Waals surface area contributed by atoms with Gasteiger partial charge in [0.15, 0.2) is 0 Å². The maximum Gasteiger partial charge on any atom is 0.118 e. The Morgan fingerprint density at radius 1 is 1.00 bits per heavy atom. The molecule has 0 heterocycles. The zero-order chi connectivity index (χ0) is 12.8. The number of nitrogens with one attached hydrogen (secondary N) is 1. The molecule has 0 aliphatic heterocycles. The summed E-state index contributed by atoms with van der Waals surface area (Å²) in [5.74, 6) is 0.908. The molecule has 1 N–H and O–H groups in total. The third-order valence-corrected chi connectivity index (χ3v) is 3.03. The topological polar surface area (TPSA) is 21.3 Å². The molecule has 94 valence electrons. The molecule has 0 bridgehead atoms. The minimum Gasteiger partial charge on any atom is -0.497 e. The summed E-state index contributed by atoms with van der Waals surface area (Å²) in [6, 6.07) is 16.6. The fourth-order valence-electron chi connectivity index (χ4n) is 1.90. The van der Waals surface area contributed by atoms with Crippen LogP contribution in [0.2, 0.25) is 0 Å². The molecule has 0 aromatic heterocycles. The van der Waals surface area contributed by atoms with Crippen molar-refractivity contribution in [2.24, 2.45) is 0 Å². The van der Waals surface area contributed by atoms with Crippen molar-refractivity contribution in [3.8, 4) is 5.75 Å². The Balaban J connectivity index is 1.86. The Labute approximate surface area is 109 Å². The highest BCUT2D eigenvalue weighted by atomic mass is 16.5. The summed E-state index contributed by atoms with van der Waals surface area (Å²) < 4.78 is 5.14. The molecule has 2 aromatic carbocycles. The molecule has 0 unspecified atom stereocenters. The normalized spacial score (nSPS) is 10.1. The second-order valence-corrected chi connectivity index (χ2v) is 4.34. The Bertz CT molecular complexity index is 491. The van der Waals surface area contributed by atoms with Crippen LogP contribution < -0.4 is 10.1 Å². The predicted molar refractivity (Wildman–Crippen MR) is 76.4 cm³/mol. The SMILES string of the molecule is COc1ccc(CCNc2ccccc2C)cc1. The number of rotatable bonds is 5. The molecular formula is C16H19NO. The largest absolute Gasteiger partial charge is 0.497 e. The minimum absolute atomic E-state index is 0.908. The van der Waals surface area contributed by atoms with Gasteiger partial charge >= 0.3 is 0 Å². The van der Waals surface area contributed by atoms with E-state index in [0.717, 1.165) is 18.7 Å². The van der Waals surface area contributed by atoms with Gasteiger partial charge in [-0.15, -0.1) is 0 Å². The van der Waals surface area contributed by atoms with Crippen molar-refractivity contribution < 1.29 is 4.74 Å². The molecule has 0 atom stereocenters. The van der Waals surface area contributed by atoms with Crippen LogP contribution in [-0.4, -0.2) is 13.7 Å². The number of hydrogen-bond acceptors (Lipinski definition) is 2. The monoisotopic (exact) mass is 241 g/mol. The number of anilines is 1. The van der Waals surface area contributed by atoms with E-state index in [1.54, 1.807) is 7.11 Å². The highest BCUT2D eigenvalue weighted by Gasteiger charge is 1.97. The Morgan fingerprint density at radius 3 is 2.39 bits per heavy atom. The summed E-state index contributed by atoms with van der Waals surface area (Å²) in [7, 11) is 1.69. The lowest BCUT2D eigenvalue weighted by Crippen LogP contribution is -2.05. The Hall–Kier alpha value is -1.96. The van der Waals surface area contributed by atoms with Gasteiger partial charge in [-0.05, 0) is 42.7 Å². The van der Waals surface area contributed by atoms with Gasteiger partial charge in [0.2, 0.25) is 0 Å². The average Bonchev–Trinajstić information content (AvgIpc) is 2.42. The van der Waals surface area contributed by atoms with Crippen molar-refractivity contribution in [1.29, 1.82) is 0 Å². The lowest BCUT2D eigenvalue weighted by atomic mass is 10.1. The fraction of sp³-hybridized carbons (Fsp3) is 0.250. The summed E-state index contributed by atoms with van der Waals surface area (Å²) in [4.78, 5) is 0. The van der Waals surface area contributed by atoms with Gasteiger partial charge in [0.1, 0.15) is 5.75 Å². The number of benzene rings is 2. The van der Waals surface area contributed by atoms with E-state index >= 15 is 0 Å². The van der Waals surface area contributed by atoms with Crippen LogP contribution in [0.25, 0.3) is 0 Å². The van der Waals surface area contributed by atoms with Gasteiger partial charge in [-0.1, -0.05) is 30.3 Å². The van der Waals surface area contributed by atoms with Crippen molar-refractivity contribution in [3.63, 3.8) is 0 Å². The summed E-state index contributed by atoms with van der Waals surface area (Å²) in [6.07, 6.45) is 1.01. The molecule has 2 heteroatoms. The molecule has 2 rings (SSSR count). The van der Waals surface area contributed by atoms with Crippen LogP contribution in [0.3, 0.4) is 0 Å². The van der Waals surface area contributed by atoms with E-state index in [1.807, 2.05) is 12.1 Å². The quantitative estimate of drug-likeness (QED) is 0.862. The van der Waals surface area contributed by atoms with Crippen LogP contribution in [0.1, 0.15) is 11.1 Å². The first kappa shape index (κ1) is 12.5. The van der Waals surface area contributed by atoms with Gasteiger partial charge in [-0.2, -0.15) is 0 Å². The summed E-state index contributed by atoms with van der Waals surface area (Å²) in [5, 5.41) is 3.46. The zero-order valence-electron chi connectivity index (χ0n) is 10.9. The summed E-state index contributed by atoms with van der Waals surface area (Å²) >= 11 is 0. The Kier molecular flexibility index (Phi) is 4.24. The predicted octanol–water partition coefficient (Wildman–Crippen LogP) is 3.66. The molecule has 0 radical (unpaired) electrons. The van der Waals surface area contributed by atoms with Crippen molar-refractivity contribution in [1.82, 2.24) is 0 Å². The van der Waals surface area contributed by atoms with Gasteiger partial charge in [0.25, 0.3) is 0 Å². The standard InChI is InChI=1S/C16H19NO/c1-13-5-3-4-6-16(13)17-12-11-14-7-9-15(18-2)10-8-14/h3-10,17H,11-12H2,1-2H3. The van der Waals surface area contributed by atoms with Gasteiger partial charge in [0, 0.05) is 12.2 Å². The summed E-state index contributed by atoms with van der Waals surface area (Å²) in [6.45, 7) is 3.06. The van der Waals surface area contributed by atoms with Crippen molar-refractivity contribution in [2.45, 2.75) is 13.3 Å². The molecule has 2 aromatic rings. The highest BCUT2D eigenvalue weighted by molar-refractivity contribution is 5.50. The number of para-hydroxylation sites is 1. The van der Waals surface area contributed by atoms with Crippen LogP contribution in [0.15, 0.2) is 48.5 Å². The first-order valence-electron chi connectivity index (χ1n) is 6.22. The van der Waals surface area contributed by atoms with Crippen LogP contribution in [0.5, 0.6) is 5.75 Å². The summed E-state index contributed by atoms with van der Waals surface area (Å²) in [5.41, 5.74) is 3.81. The molecule has 0 aliphatic rings. The van der Waals surface area contributed by atoms with Crippen LogP contribution >= 0.6 is 0 Å². The van der Waals surface area contributed by atoms with Crippen molar-refractivity contribution in [2.75, 3.05) is 19.0 Å². The first-order chi connectivity index (χ1) is 8.79. The number of aryl methyl sites for hydroxylation is 1.